The Labute approximate surface area is 189 Å². The molecule has 1 atom stereocenters. The van der Waals surface area contributed by atoms with Gasteiger partial charge in [-0.2, -0.15) is 0 Å². The standard InChI is InChI=1S/C25H23F2N3OS/c1-16(15-31)32-25-8-7-20(29-23-13-28-22-6-4-3-5-21(22)23)12-24(25)30(2)14-17-9-18(26)11-19(27)10-17/h3-13,15-16,28-29H,14H2,1-2H3. The Morgan fingerprint density at radius 3 is 2.59 bits per heavy atom. The fourth-order valence-electron chi connectivity index (χ4n) is 3.61. The normalized spacial score (nSPS) is 12.0. The Morgan fingerprint density at radius 2 is 1.84 bits per heavy atom. The number of nitrogens with zero attached hydrogens (tertiary/aromatic N) is 1. The number of hydrogen-bond acceptors (Lipinski definition) is 4. The molecule has 4 nitrogen and oxygen atoms in total. The first-order valence-electron chi connectivity index (χ1n) is 10.2. The van der Waals surface area contributed by atoms with Crippen molar-refractivity contribution >= 4 is 46.0 Å². The zero-order valence-corrected chi connectivity index (χ0v) is 18.5. The third kappa shape index (κ3) is 4.94. The van der Waals surface area contributed by atoms with E-state index in [1.165, 1.54) is 23.9 Å². The molecule has 1 unspecified atom stereocenters. The summed E-state index contributed by atoms with van der Waals surface area (Å²) >= 11 is 1.44. The molecule has 164 valence electrons. The summed E-state index contributed by atoms with van der Waals surface area (Å²) in [5, 5.41) is 4.30. The number of H-pyrrole nitrogens is 1. The lowest BCUT2D eigenvalue weighted by atomic mass is 10.2. The van der Waals surface area contributed by atoms with E-state index in [0.29, 0.717) is 12.1 Å². The zero-order chi connectivity index (χ0) is 22.7. The molecule has 0 saturated heterocycles. The van der Waals surface area contributed by atoms with Crippen molar-refractivity contribution in [3.05, 3.63) is 84.1 Å². The average molecular weight is 452 g/mol. The third-order valence-electron chi connectivity index (χ3n) is 5.09. The van der Waals surface area contributed by atoms with Crippen LogP contribution in [0.5, 0.6) is 0 Å². The highest BCUT2D eigenvalue weighted by atomic mass is 32.2. The van der Waals surface area contributed by atoms with Gasteiger partial charge >= 0.3 is 0 Å². The lowest BCUT2D eigenvalue weighted by Gasteiger charge is -2.24. The van der Waals surface area contributed by atoms with Crippen LogP contribution < -0.4 is 10.2 Å². The molecule has 0 bridgehead atoms. The molecule has 3 aromatic carbocycles. The maximum Gasteiger partial charge on any atom is 0.133 e. The molecule has 0 amide bonds. The number of carbonyl (C=O) groups is 1. The van der Waals surface area contributed by atoms with Crippen molar-refractivity contribution in [2.75, 3.05) is 17.3 Å². The Balaban J connectivity index is 1.66. The van der Waals surface area contributed by atoms with Gasteiger partial charge in [0, 0.05) is 47.3 Å². The molecule has 2 N–H and O–H groups in total. The fourth-order valence-corrected chi connectivity index (χ4v) is 4.55. The molecule has 4 aromatic rings. The van der Waals surface area contributed by atoms with Crippen molar-refractivity contribution in [1.82, 2.24) is 4.98 Å². The largest absolute Gasteiger partial charge is 0.369 e. The highest BCUT2D eigenvalue weighted by Crippen LogP contribution is 2.36. The topological polar surface area (TPSA) is 48.1 Å². The minimum absolute atomic E-state index is 0.221. The Bertz CT molecular complexity index is 1240. The minimum atomic E-state index is -0.604. The van der Waals surface area contributed by atoms with Gasteiger partial charge in [-0.15, -0.1) is 11.8 Å². The third-order valence-corrected chi connectivity index (χ3v) is 6.17. The summed E-state index contributed by atoms with van der Waals surface area (Å²) in [5.41, 5.74) is 4.23. The van der Waals surface area contributed by atoms with Crippen LogP contribution >= 0.6 is 11.8 Å². The SMILES string of the molecule is CC(C=O)Sc1ccc(Nc2c[nH]c3ccccc23)cc1N(C)Cc1cc(F)cc(F)c1. The lowest BCUT2D eigenvalue weighted by Crippen LogP contribution is -2.18. The summed E-state index contributed by atoms with van der Waals surface area (Å²) in [6.07, 6.45) is 2.81. The van der Waals surface area contributed by atoms with Crippen LogP contribution in [0, 0.1) is 11.6 Å². The number of fused-ring (bicyclic) bond motifs is 1. The van der Waals surface area contributed by atoms with Crippen LogP contribution in [0.1, 0.15) is 12.5 Å². The van der Waals surface area contributed by atoms with Gasteiger partial charge in [0.15, 0.2) is 0 Å². The highest BCUT2D eigenvalue weighted by molar-refractivity contribution is 8.00. The van der Waals surface area contributed by atoms with Crippen molar-refractivity contribution in [2.45, 2.75) is 23.6 Å². The van der Waals surface area contributed by atoms with E-state index in [4.69, 9.17) is 0 Å². The number of aromatic amines is 1. The molecule has 1 heterocycles. The average Bonchev–Trinajstić information content (AvgIpc) is 3.16. The van der Waals surface area contributed by atoms with Crippen LogP contribution in [0.2, 0.25) is 0 Å². The zero-order valence-electron chi connectivity index (χ0n) is 17.7. The van der Waals surface area contributed by atoms with Crippen molar-refractivity contribution < 1.29 is 13.6 Å². The molecule has 0 radical (unpaired) electrons. The maximum absolute atomic E-state index is 13.7. The highest BCUT2D eigenvalue weighted by Gasteiger charge is 2.14. The van der Waals surface area contributed by atoms with Crippen LogP contribution in [0.25, 0.3) is 10.9 Å². The van der Waals surface area contributed by atoms with Gasteiger partial charge in [-0.3, -0.25) is 0 Å². The molecule has 0 fully saturated rings. The van der Waals surface area contributed by atoms with Gasteiger partial charge in [0.25, 0.3) is 0 Å². The molecular formula is C25H23F2N3OS. The van der Waals surface area contributed by atoms with Crippen molar-refractivity contribution in [3.63, 3.8) is 0 Å². The van der Waals surface area contributed by atoms with Crippen LogP contribution in [-0.2, 0) is 11.3 Å². The van der Waals surface area contributed by atoms with Crippen molar-refractivity contribution in [3.8, 4) is 0 Å². The summed E-state index contributed by atoms with van der Waals surface area (Å²) < 4.78 is 27.3. The van der Waals surface area contributed by atoms with Crippen LogP contribution in [-0.4, -0.2) is 23.6 Å². The number of hydrogen-bond donors (Lipinski definition) is 2. The van der Waals surface area contributed by atoms with Gasteiger partial charge in [-0.05, 0) is 48.9 Å². The summed E-state index contributed by atoms with van der Waals surface area (Å²) in [4.78, 5) is 17.3. The fraction of sp³-hybridized carbons (Fsp3) is 0.160. The Hall–Kier alpha value is -3.32. The molecule has 0 spiro atoms. The second kappa shape index (κ2) is 9.44. The van der Waals surface area contributed by atoms with Gasteiger partial charge in [-0.25, -0.2) is 8.78 Å². The predicted molar refractivity (Wildman–Crippen MR) is 128 cm³/mol. The molecule has 0 saturated carbocycles. The number of benzene rings is 3. The molecule has 0 aliphatic heterocycles. The molecule has 0 aliphatic carbocycles. The number of aldehydes is 1. The van der Waals surface area contributed by atoms with Gasteiger partial charge in [0.1, 0.15) is 17.9 Å². The van der Waals surface area contributed by atoms with Gasteiger partial charge in [0.05, 0.1) is 16.6 Å². The van der Waals surface area contributed by atoms with E-state index in [-0.39, 0.29) is 5.25 Å². The van der Waals surface area contributed by atoms with Crippen LogP contribution in [0.15, 0.2) is 71.8 Å². The van der Waals surface area contributed by atoms with Crippen LogP contribution in [0.4, 0.5) is 25.8 Å². The summed E-state index contributed by atoms with van der Waals surface area (Å²) in [6.45, 7) is 2.15. The first-order valence-corrected chi connectivity index (χ1v) is 11.1. The number of para-hydroxylation sites is 1. The van der Waals surface area contributed by atoms with E-state index in [1.807, 2.05) is 67.5 Å². The lowest BCUT2D eigenvalue weighted by molar-refractivity contribution is -0.107. The first-order chi connectivity index (χ1) is 15.4. The van der Waals surface area contributed by atoms with E-state index >= 15 is 0 Å². The number of nitrogens with one attached hydrogen (secondary N) is 2. The molecule has 0 aliphatic rings. The van der Waals surface area contributed by atoms with Gasteiger partial charge < -0.3 is 20.0 Å². The monoisotopic (exact) mass is 451 g/mol. The van der Waals surface area contributed by atoms with E-state index in [0.717, 1.165) is 45.2 Å². The van der Waals surface area contributed by atoms with Gasteiger partial charge in [0.2, 0.25) is 0 Å². The Morgan fingerprint density at radius 1 is 1.09 bits per heavy atom. The molecule has 7 heteroatoms. The second-order valence-corrected chi connectivity index (χ2v) is 9.07. The number of aromatic nitrogens is 1. The number of halogens is 2. The van der Waals surface area contributed by atoms with E-state index in [1.54, 1.807) is 0 Å². The quantitative estimate of drug-likeness (QED) is 0.237. The van der Waals surface area contributed by atoms with E-state index < -0.39 is 11.6 Å². The number of rotatable bonds is 8. The second-order valence-electron chi connectivity index (χ2n) is 7.65. The summed E-state index contributed by atoms with van der Waals surface area (Å²) in [7, 11) is 1.86. The van der Waals surface area contributed by atoms with E-state index in [9.17, 15) is 13.6 Å². The van der Waals surface area contributed by atoms with Crippen molar-refractivity contribution in [1.29, 1.82) is 0 Å². The number of carbonyl (C=O) groups excluding carboxylic acids is 1. The summed E-state index contributed by atoms with van der Waals surface area (Å²) in [6, 6.07) is 17.4. The smallest absolute Gasteiger partial charge is 0.133 e. The van der Waals surface area contributed by atoms with E-state index in [2.05, 4.69) is 10.3 Å². The molecule has 1 aromatic heterocycles. The molecule has 4 rings (SSSR count). The number of anilines is 3. The molecular weight excluding hydrogens is 428 g/mol. The van der Waals surface area contributed by atoms with Crippen molar-refractivity contribution in [2.24, 2.45) is 0 Å². The minimum Gasteiger partial charge on any atom is -0.369 e. The summed E-state index contributed by atoms with van der Waals surface area (Å²) in [5.74, 6) is -1.21. The predicted octanol–water partition coefficient (Wildman–Crippen LogP) is 6.51. The Kier molecular flexibility index (Phi) is 6.46. The maximum atomic E-state index is 13.7. The first kappa shape index (κ1) is 21.9. The molecule has 32 heavy (non-hydrogen) atoms. The number of thioether (sulfide) groups is 1. The van der Waals surface area contributed by atoms with Gasteiger partial charge in [-0.1, -0.05) is 18.2 Å². The van der Waals surface area contributed by atoms with Crippen LogP contribution in [0.3, 0.4) is 0 Å².